The van der Waals surface area contributed by atoms with Gasteiger partial charge in [0.05, 0.1) is 24.5 Å². The monoisotopic (exact) mass is 506 g/mol. The first kappa shape index (κ1) is 28.1. The third kappa shape index (κ3) is 9.84. The Kier molecular flexibility index (Phi) is 11.4. The molecule has 7 nitrogen and oxygen atoms in total. The second-order valence-electron chi connectivity index (χ2n) is 9.75. The molecule has 2 aromatic rings. The van der Waals surface area contributed by atoms with Crippen molar-refractivity contribution in [1.29, 1.82) is 0 Å². The number of nitrogens with one attached hydrogen (secondary N) is 2. The van der Waals surface area contributed by atoms with Gasteiger partial charge in [0.15, 0.2) is 0 Å². The third-order valence-corrected chi connectivity index (χ3v) is 6.51. The Bertz CT molecular complexity index is 1020. The zero-order valence-corrected chi connectivity index (χ0v) is 21.5. The van der Waals surface area contributed by atoms with Gasteiger partial charge in [-0.2, -0.15) is 0 Å². The van der Waals surface area contributed by atoms with Gasteiger partial charge in [-0.15, -0.1) is 0 Å². The molecule has 2 amide bonds. The molecule has 0 unspecified atom stereocenters. The van der Waals surface area contributed by atoms with Crippen molar-refractivity contribution in [1.82, 2.24) is 10.6 Å². The van der Waals surface area contributed by atoms with Crippen molar-refractivity contribution in [2.75, 3.05) is 13.2 Å². The van der Waals surface area contributed by atoms with Crippen LogP contribution < -0.4 is 10.6 Å². The van der Waals surface area contributed by atoms with E-state index in [0.29, 0.717) is 32.1 Å². The lowest BCUT2D eigenvalue weighted by atomic mass is 9.94. The van der Waals surface area contributed by atoms with Crippen LogP contribution >= 0.6 is 0 Å². The number of carbonyl (C=O) groups excluding carboxylic acids is 3. The number of rotatable bonds is 8. The van der Waals surface area contributed by atoms with E-state index in [1.165, 1.54) is 0 Å². The normalized spacial score (nSPS) is 21.9. The molecule has 0 aliphatic carbocycles. The molecule has 0 spiro atoms. The van der Waals surface area contributed by atoms with Crippen molar-refractivity contribution in [3.8, 4) is 0 Å². The zero-order chi connectivity index (χ0) is 26.5. The molecular formula is C30H38N2O5. The Balaban J connectivity index is 1.77. The minimum Gasteiger partial charge on any atom is -0.463 e. The number of allylic oxidation sites excluding steroid dienone is 2. The fourth-order valence-electron chi connectivity index (χ4n) is 4.43. The quantitative estimate of drug-likeness (QED) is 0.376. The number of esters is 1. The van der Waals surface area contributed by atoms with E-state index in [1.54, 1.807) is 6.92 Å². The molecule has 7 heteroatoms. The number of aliphatic hydroxyl groups is 1. The molecule has 0 saturated heterocycles. The highest BCUT2D eigenvalue weighted by atomic mass is 16.5. The van der Waals surface area contributed by atoms with Crippen LogP contribution in [0.4, 0.5) is 0 Å². The Morgan fingerprint density at radius 1 is 1.00 bits per heavy atom. The van der Waals surface area contributed by atoms with Crippen molar-refractivity contribution in [3.63, 3.8) is 0 Å². The van der Waals surface area contributed by atoms with E-state index in [1.807, 2.05) is 72.8 Å². The maximum atomic E-state index is 13.3. The molecule has 1 heterocycles. The van der Waals surface area contributed by atoms with Crippen LogP contribution in [0.2, 0.25) is 0 Å². The second kappa shape index (κ2) is 15.0. The molecule has 0 saturated carbocycles. The average Bonchev–Trinajstić information content (AvgIpc) is 2.91. The number of ether oxygens (including phenoxy) is 1. The fourth-order valence-corrected chi connectivity index (χ4v) is 4.43. The van der Waals surface area contributed by atoms with Crippen LogP contribution in [-0.2, 0) is 32.0 Å². The summed E-state index contributed by atoms with van der Waals surface area (Å²) in [5.74, 6) is -1.67. The molecule has 37 heavy (non-hydrogen) atoms. The number of benzene rings is 2. The standard InChI is InChI=1S/C30H38N2O5/c1-22(20-33)31-28(34)19-25-15-9-4-10-16-26(17-23-11-5-2-6-12-23)30(36)37-21-27(32-29(25)35)18-24-13-7-3-8-14-24/h2-9,11-14,22,25-27,33H,10,15-21H2,1H3,(H,31,34)(H,32,35)/t22-,25+,26+,27+/m0/s1. The minimum absolute atomic E-state index is 0.00892. The van der Waals surface area contributed by atoms with Gasteiger partial charge in [-0.3, -0.25) is 14.4 Å². The molecule has 3 rings (SSSR count). The number of aliphatic hydroxyl groups excluding tert-OH is 1. The fraction of sp³-hybridized carbons (Fsp3) is 0.433. The first-order chi connectivity index (χ1) is 17.9. The van der Waals surface area contributed by atoms with Crippen LogP contribution in [0.3, 0.4) is 0 Å². The Morgan fingerprint density at radius 2 is 1.65 bits per heavy atom. The van der Waals surface area contributed by atoms with Gasteiger partial charge in [0.1, 0.15) is 6.61 Å². The van der Waals surface area contributed by atoms with Crippen LogP contribution in [0.15, 0.2) is 72.8 Å². The number of hydrogen-bond acceptors (Lipinski definition) is 5. The van der Waals surface area contributed by atoms with E-state index in [4.69, 9.17) is 4.74 Å². The maximum Gasteiger partial charge on any atom is 0.309 e. The number of carbonyl (C=O) groups is 3. The molecule has 0 radical (unpaired) electrons. The number of amides is 2. The zero-order valence-electron chi connectivity index (χ0n) is 21.5. The van der Waals surface area contributed by atoms with Crippen LogP contribution in [0, 0.1) is 11.8 Å². The molecule has 198 valence electrons. The molecule has 2 aromatic carbocycles. The largest absolute Gasteiger partial charge is 0.463 e. The lowest BCUT2D eigenvalue weighted by molar-refractivity contribution is -0.150. The summed E-state index contributed by atoms with van der Waals surface area (Å²) >= 11 is 0. The van der Waals surface area contributed by atoms with E-state index in [9.17, 15) is 19.5 Å². The number of cyclic esters (lactones) is 1. The van der Waals surface area contributed by atoms with Crippen molar-refractivity contribution < 1.29 is 24.2 Å². The molecule has 3 N–H and O–H groups in total. The highest BCUT2D eigenvalue weighted by molar-refractivity contribution is 5.86. The van der Waals surface area contributed by atoms with E-state index in [-0.39, 0.29) is 49.4 Å². The van der Waals surface area contributed by atoms with Crippen molar-refractivity contribution in [2.24, 2.45) is 11.8 Å². The van der Waals surface area contributed by atoms with Crippen molar-refractivity contribution in [3.05, 3.63) is 83.9 Å². The molecular weight excluding hydrogens is 468 g/mol. The number of hydrogen-bond donors (Lipinski definition) is 3. The summed E-state index contributed by atoms with van der Waals surface area (Å²) in [5.41, 5.74) is 2.09. The van der Waals surface area contributed by atoms with Crippen LogP contribution in [0.25, 0.3) is 0 Å². The molecule has 4 atom stereocenters. The summed E-state index contributed by atoms with van der Waals surface area (Å²) in [5, 5.41) is 15.0. The summed E-state index contributed by atoms with van der Waals surface area (Å²) in [6.07, 6.45) is 6.70. The molecule has 0 fully saturated rings. The van der Waals surface area contributed by atoms with Crippen molar-refractivity contribution >= 4 is 17.8 Å². The summed E-state index contributed by atoms with van der Waals surface area (Å²) in [6, 6.07) is 18.8. The topological polar surface area (TPSA) is 105 Å². The van der Waals surface area contributed by atoms with Crippen LogP contribution in [0.1, 0.15) is 43.7 Å². The molecule has 1 aliphatic heterocycles. The van der Waals surface area contributed by atoms with Crippen LogP contribution in [0.5, 0.6) is 0 Å². The molecule has 0 bridgehead atoms. The Morgan fingerprint density at radius 3 is 2.30 bits per heavy atom. The molecule has 0 aromatic heterocycles. The van der Waals surface area contributed by atoms with Gasteiger partial charge >= 0.3 is 5.97 Å². The van der Waals surface area contributed by atoms with Gasteiger partial charge in [-0.25, -0.2) is 0 Å². The summed E-state index contributed by atoms with van der Waals surface area (Å²) < 4.78 is 5.77. The Labute approximate surface area is 219 Å². The minimum atomic E-state index is -0.572. The SMILES string of the molecule is C[C@@H](CO)NC(=O)C[C@H]1CC=CCC[C@H](Cc2ccccc2)C(=O)OC[C@@H](Cc2ccccc2)NC1=O. The first-order valence-electron chi connectivity index (χ1n) is 13.0. The predicted molar refractivity (Wildman–Crippen MR) is 142 cm³/mol. The van der Waals surface area contributed by atoms with Gasteiger partial charge in [-0.05, 0) is 50.2 Å². The van der Waals surface area contributed by atoms with E-state index >= 15 is 0 Å². The summed E-state index contributed by atoms with van der Waals surface area (Å²) in [7, 11) is 0. The second-order valence-corrected chi connectivity index (χ2v) is 9.75. The Hall–Kier alpha value is -3.45. The van der Waals surface area contributed by atoms with Gasteiger partial charge in [0.25, 0.3) is 0 Å². The summed E-state index contributed by atoms with van der Waals surface area (Å²) in [4.78, 5) is 38.9. The smallest absolute Gasteiger partial charge is 0.309 e. The van der Waals surface area contributed by atoms with E-state index in [0.717, 1.165) is 11.1 Å². The summed E-state index contributed by atoms with van der Waals surface area (Å²) in [6.45, 7) is 1.59. The third-order valence-electron chi connectivity index (χ3n) is 6.51. The van der Waals surface area contributed by atoms with Crippen molar-refractivity contribution in [2.45, 2.75) is 57.5 Å². The van der Waals surface area contributed by atoms with E-state index < -0.39 is 12.0 Å². The van der Waals surface area contributed by atoms with E-state index in [2.05, 4.69) is 10.6 Å². The highest BCUT2D eigenvalue weighted by Gasteiger charge is 2.27. The predicted octanol–water partition coefficient (Wildman–Crippen LogP) is 3.36. The lowest BCUT2D eigenvalue weighted by Gasteiger charge is -2.23. The van der Waals surface area contributed by atoms with Gasteiger partial charge in [0.2, 0.25) is 11.8 Å². The van der Waals surface area contributed by atoms with Gasteiger partial charge in [0, 0.05) is 12.5 Å². The van der Waals surface area contributed by atoms with Gasteiger partial charge in [-0.1, -0.05) is 72.8 Å². The maximum absolute atomic E-state index is 13.3. The van der Waals surface area contributed by atoms with Crippen LogP contribution in [-0.4, -0.2) is 48.2 Å². The molecule has 1 aliphatic rings. The highest BCUT2D eigenvalue weighted by Crippen LogP contribution is 2.19. The van der Waals surface area contributed by atoms with Gasteiger partial charge < -0.3 is 20.5 Å². The first-order valence-corrected chi connectivity index (χ1v) is 13.0. The average molecular weight is 507 g/mol. The lowest BCUT2D eigenvalue weighted by Crippen LogP contribution is -2.45.